The highest BCUT2D eigenvalue weighted by atomic mass is 16.1. The van der Waals surface area contributed by atoms with Gasteiger partial charge in [0.15, 0.2) is 0 Å². The summed E-state index contributed by atoms with van der Waals surface area (Å²) in [6, 6.07) is 2.26. The van der Waals surface area contributed by atoms with Gasteiger partial charge >= 0.3 is 0 Å². The van der Waals surface area contributed by atoms with Crippen LogP contribution in [-0.4, -0.2) is 5.91 Å². The van der Waals surface area contributed by atoms with E-state index in [0.717, 1.165) is 12.8 Å². The molecule has 1 rings (SSSR count). The fourth-order valence-corrected chi connectivity index (χ4v) is 2.17. The molecule has 0 aromatic heterocycles. The van der Waals surface area contributed by atoms with Crippen LogP contribution in [0.2, 0.25) is 0 Å². The van der Waals surface area contributed by atoms with Crippen LogP contribution in [0.25, 0.3) is 0 Å². The summed E-state index contributed by atoms with van der Waals surface area (Å²) < 4.78 is 0. The zero-order chi connectivity index (χ0) is 10.3. The number of carbonyl (C=O) groups is 1. The third-order valence-electron chi connectivity index (χ3n) is 3.93. The molecular weight excluding hydrogens is 164 g/mol. The van der Waals surface area contributed by atoms with E-state index in [0.29, 0.717) is 0 Å². The summed E-state index contributed by atoms with van der Waals surface area (Å²) in [5.74, 6) is -0.333. The van der Waals surface area contributed by atoms with E-state index in [1.807, 2.05) is 20.8 Å². The summed E-state index contributed by atoms with van der Waals surface area (Å²) >= 11 is 0. The van der Waals surface area contributed by atoms with Crippen LogP contribution < -0.4 is 5.73 Å². The van der Waals surface area contributed by atoms with Gasteiger partial charge in [-0.25, -0.2) is 0 Å². The second kappa shape index (κ2) is 2.73. The van der Waals surface area contributed by atoms with Gasteiger partial charge in [0.05, 0.1) is 17.4 Å². The molecule has 2 atom stereocenters. The Balaban J connectivity index is 3.07. The molecule has 1 amide bonds. The van der Waals surface area contributed by atoms with Crippen molar-refractivity contribution in [2.24, 2.45) is 22.5 Å². The fourth-order valence-electron chi connectivity index (χ4n) is 2.17. The Morgan fingerprint density at radius 1 is 1.54 bits per heavy atom. The average molecular weight is 180 g/mol. The normalized spacial score (nSPS) is 36.9. The number of amides is 1. The minimum absolute atomic E-state index is 0.0509. The molecular formula is C10H16N2O. The van der Waals surface area contributed by atoms with Gasteiger partial charge in [0.25, 0.3) is 0 Å². The number of nitrogens with two attached hydrogens (primary N) is 1. The molecule has 3 heteroatoms. The van der Waals surface area contributed by atoms with Crippen LogP contribution in [0.15, 0.2) is 0 Å². The Bertz CT molecular complexity index is 277. The highest BCUT2D eigenvalue weighted by Gasteiger charge is 2.55. The second-order valence-electron chi connectivity index (χ2n) is 4.64. The van der Waals surface area contributed by atoms with Gasteiger partial charge in [0, 0.05) is 0 Å². The van der Waals surface area contributed by atoms with Gasteiger partial charge in [0.1, 0.15) is 0 Å². The zero-order valence-electron chi connectivity index (χ0n) is 8.42. The molecule has 0 unspecified atom stereocenters. The fraction of sp³-hybridized carbons (Fsp3) is 0.800. The number of primary amides is 1. The predicted molar refractivity (Wildman–Crippen MR) is 49.4 cm³/mol. The van der Waals surface area contributed by atoms with Crippen molar-refractivity contribution in [2.75, 3.05) is 0 Å². The first-order chi connectivity index (χ1) is 5.86. The Kier molecular flexibility index (Phi) is 2.11. The molecule has 1 fully saturated rings. The maximum atomic E-state index is 11.3. The van der Waals surface area contributed by atoms with Crippen LogP contribution in [-0.2, 0) is 4.79 Å². The number of nitrogens with zero attached hydrogens (tertiary/aromatic N) is 1. The van der Waals surface area contributed by atoms with E-state index in [4.69, 9.17) is 11.0 Å². The van der Waals surface area contributed by atoms with Gasteiger partial charge in [-0.2, -0.15) is 5.26 Å². The summed E-state index contributed by atoms with van der Waals surface area (Å²) in [5, 5.41) is 8.91. The molecule has 0 radical (unpaired) electrons. The number of hydrogen-bond acceptors (Lipinski definition) is 2. The molecule has 0 aromatic rings. The monoisotopic (exact) mass is 180 g/mol. The largest absolute Gasteiger partial charge is 0.369 e. The third-order valence-corrected chi connectivity index (χ3v) is 3.93. The van der Waals surface area contributed by atoms with E-state index >= 15 is 0 Å². The SMILES string of the molecule is CC1(C)[C@H](C#N)CC[C@]1(C)C(N)=O. The van der Waals surface area contributed by atoms with Crippen molar-refractivity contribution in [3.8, 4) is 6.07 Å². The minimum Gasteiger partial charge on any atom is -0.369 e. The first-order valence-electron chi connectivity index (χ1n) is 4.56. The lowest BCUT2D eigenvalue weighted by Gasteiger charge is -2.36. The zero-order valence-corrected chi connectivity index (χ0v) is 8.42. The Labute approximate surface area is 78.9 Å². The summed E-state index contributed by atoms with van der Waals surface area (Å²) in [7, 11) is 0. The van der Waals surface area contributed by atoms with Crippen LogP contribution >= 0.6 is 0 Å². The van der Waals surface area contributed by atoms with E-state index in [2.05, 4.69) is 6.07 Å². The van der Waals surface area contributed by atoms with Crippen molar-refractivity contribution in [3.05, 3.63) is 0 Å². The van der Waals surface area contributed by atoms with Crippen LogP contribution in [0.1, 0.15) is 33.6 Å². The lowest BCUT2D eigenvalue weighted by atomic mass is 9.65. The van der Waals surface area contributed by atoms with Gasteiger partial charge in [-0.05, 0) is 18.3 Å². The smallest absolute Gasteiger partial charge is 0.223 e. The van der Waals surface area contributed by atoms with Gasteiger partial charge in [-0.3, -0.25) is 4.79 Å². The maximum absolute atomic E-state index is 11.3. The molecule has 3 nitrogen and oxygen atoms in total. The summed E-state index contributed by atoms with van der Waals surface area (Å²) in [4.78, 5) is 11.3. The molecule has 0 aromatic carbocycles. The molecule has 13 heavy (non-hydrogen) atoms. The Hall–Kier alpha value is -1.04. The molecule has 0 heterocycles. The van der Waals surface area contributed by atoms with Gasteiger partial charge < -0.3 is 5.73 Å². The molecule has 1 aliphatic carbocycles. The number of rotatable bonds is 1. The second-order valence-corrected chi connectivity index (χ2v) is 4.64. The highest BCUT2D eigenvalue weighted by Crippen LogP contribution is 2.55. The molecule has 0 spiro atoms. The standard InChI is InChI=1S/C10H16N2O/c1-9(2)7(6-11)4-5-10(9,3)8(12)13/h7H,4-5H2,1-3H3,(H2,12,13)/t7-,10+/m0/s1. The van der Waals surface area contributed by atoms with E-state index in [1.165, 1.54) is 0 Å². The highest BCUT2D eigenvalue weighted by molar-refractivity contribution is 5.81. The molecule has 1 saturated carbocycles. The third kappa shape index (κ3) is 1.13. The number of hydrogen-bond donors (Lipinski definition) is 1. The number of carbonyl (C=O) groups excluding carboxylic acids is 1. The molecule has 0 saturated heterocycles. The maximum Gasteiger partial charge on any atom is 0.223 e. The predicted octanol–water partition coefficient (Wildman–Crippen LogP) is 1.44. The molecule has 2 N–H and O–H groups in total. The van der Waals surface area contributed by atoms with Crippen LogP contribution in [0.3, 0.4) is 0 Å². The van der Waals surface area contributed by atoms with Crippen molar-refractivity contribution in [3.63, 3.8) is 0 Å². The number of nitriles is 1. The van der Waals surface area contributed by atoms with Crippen molar-refractivity contribution in [1.29, 1.82) is 5.26 Å². The summed E-state index contributed by atoms with van der Waals surface area (Å²) in [6.45, 7) is 5.78. The summed E-state index contributed by atoms with van der Waals surface area (Å²) in [6.07, 6.45) is 1.51. The lowest BCUT2D eigenvalue weighted by molar-refractivity contribution is -0.132. The van der Waals surface area contributed by atoms with Crippen molar-refractivity contribution < 1.29 is 4.79 Å². The molecule has 0 aliphatic heterocycles. The van der Waals surface area contributed by atoms with Gasteiger partial charge in [-0.15, -0.1) is 0 Å². The molecule has 0 bridgehead atoms. The lowest BCUT2D eigenvalue weighted by Crippen LogP contribution is -2.44. The van der Waals surface area contributed by atoms with E-state index in [9.17, 15) is 4.79 Å². The summed E-state index contributed by atoms with van der Waals surface area (Å²) in [5.41, 5.74) is 4.56. The van der Waals surface area contributed by atoms with Crippen LogP contribution in [0.4, 0.5) is 0 Å². The van der Waals surface area contributed by atoms with Crippen molar-refractivity contribution in [2.45, 2.75) is 33.6 Å². The van der Waals surface area contributed by atoms with E-state index in [1.54, 1.807) is 0 Å². The van der Waals surface area contributed by atoms with E-state index < -0.39 is 5.41 Å². The van der Waals surface area contributed by atoms with Crippen LogP contribution in [0.5, 0.6) is 0 Å². The Morgan fingerprint density at radius 2 is 2.08 bits per heavy atom. The molecule has 1 aliphatic rings. The first kappa shape index (κ1) is 10.0. The minimum atomic E-state index is -0.520. The molecule has 72 valence electrons. The van der Waals surface area contributed by atoms with E-state index in [-0.39, 0.29) is 17.2 Å². The quantitative estimate of drug-likeness (QED) is 0.663. The van der Waals surface area contributed by atoms with Crippen molar-refractivity contribution in [1.82, 2.24) is 0 Å². The average Bonchev–Trinajstić information content (AvgIpc) is 2.25. The topological polar surface area (TPSA) is 66.9 Å². The first-order valence-corrected chi connectivity index (χ1v) is 4.56. The van der Waals surface area contributed by atoms with Gasteiger partial charge in [-0.1, -0.05) is 20.8 Å². The van der Waals surface area contributed by atoms with Crippen LogP contribution in [0, 0.1) is 28.1 Å². The van der Waals surface area contributed by atoms with Gasteiger partial charge in [0.2, 0.25) is 5.91 Å². The van der Waals surface area contributed by atoms with Crippen molar-refractivity contribution >= 4 is 5.91 Å². The Morgan fingerprint density at radius 3 is 2.31 bits per heavy atom.